The second-order valence-corrected chi connectivity index (χ2v) is 7.47. The number of nitrogen functional groups attached to an aromatic ring is 1. The summed E-state index contributed by atoms with van der Waals surface area (Å²) in [5, 5.41) is 3.12. The third-order valence-electron chi connectivity index (χ3n) is 2.57. The van der Waals surface area contributed by atoms with Gasteiger partial charge in [-0.3, -0.25) is 4.79 Å². The van der Waals surface area contributed by atoms with Crippen LogP contribution in [-0.4, -0.2) is 62.1 Å². The second kappa shape index (κ2) is 5.94. The Morgan fingerprint density at radius 1 is 1.35 bits per heavy atom. The van der Waals surface area contributed by atoms with Crippen LogP contribution in [0, 0.1) is 0 Å². The number of nitrogens with one attached hydrogen (secondary N) is 1. The molecule has 10 heteroatoms. The van der Waals surface area contributed by atoms with Crippen LogP contribution in [0.4, 0.5) is 10.8 Å². The van der Waals surface area contributed by atoms with Crippen molar-refractivity contribution in [3.8, 4) is 0 Å². The molecule has 1 aromatic heterocycles. The smallest absolute Gasteiger partial charge is 0.249 e. The fraction of sp³-hybridized carbons (Fsp3) is 0.600. The Morgan fingerprint density at radius 3 is 2.35 bits per heavy atom. The van der Waals surface area contributed by atoms with Crippen LogP contribution in [0.3, 0.4) is 0 Å². The summed E-state index contributed by atoms with van der Waals surface area (Å²) in [6.07, 6.45) is 0. The van der Waals surface area contributed by atoms with E-state index in [-0.39, 0.29) is 21.6 Å². The average Bonchev–Trinajstić information content (AvgIpc) is 2.69. The van der Waals surface area contributed by atoms with Gasteiger partial charge in [0.1, 0.15) is 11.0 Å². The summed E-state index contributed by atoms with van der Waals surface area (Å²) in [6, 6.07) is -0.582. The van der Waals surface area contributed by atoms with Crippen molar-refractivity contribution < 1.29 is 13.2 Å². The first-order valence-corrected chi connectivity index (χ1v) is 7.95. The molecule has 1 amide bonds. The number of nitrogens with zero attached hydrogens (tertiary/aromatic N) is 3. The number of carbonyl (C=O) groups is 1. The van der Waals surface area contributed by atoms with Gasteiger partial charge < -0.3 is 16.0 Å². The van der Waals surface area contributed by atoms with Gasteiger partial charge in [0, 0.05) is 28.2 Å². The lowest BCUT2D eigenvalue weighted by Crippen LogP contribution is -2.37. The van der Waals surface area contributed by atoms with Crippen LogP contribution in [0.25, 0.3) is 0 Å². The standard InChI is InChI=1S/C10H19N5O3S2/c1-6(10(16)14(2)3)12-9-7(8(11)13-19-9)20(17,18)15(4)5/h6,12H,1-5H3,(H2,11,13). The summed E-state index contributed by atoms with van der Waals surface area (Å²) < 4.78 is 29.3. The van der Waals surface area contributed by atoms with Crippen LogP contribution in [-0.2, 0) is 14.8 Å². The fourth-order valence-electron chi connectivity index (χ4n) is 1.46. The minimum atomic E-state index is -3.72. The van der Waals surface area contributed by atoms with Gasteiger partial charge in [-0.25, -0.2) is 12.7 Å². The van der Waals surface area contributed by atoms with E-state index in [0.717, 1.165) is 15.8 Å². The molecule has 3 N–H and O–H groups in total. The third kappa shape index (κ3) is 3.19. The van der Waals surface area contributed by atoms with E-state index >= 15 is 0 Å². The van der Waals surface area contributed by atoms with Gasteiger partial charge in [0.15, 0.2) is 10.7 Å². The summed E-state index contributed by atoms with van der Waals surface area (Å²) in [6.45, 7) is 1.64. The van der Waals surface area contributed by atoms with Crippen LogP contribution in [0.5, 0.6) is 0 Å². The summed E-state index contributed by atoms with van der Waals surface area (Å²) in [4.78, 5) is 13.1. The number of sulfonamides is 1. The highest BCUT2D eigenvalue weighted by molar-refractivity contribution is 7.89. The lowest BCUT2D eigenvalue weighted by Gasteiger charge is -2.19. The molecule has 20 heavy (non-hydrogen) atoms. The van der Waals surface area contributed by atoms with Gasteiger partial charge in [0.25, 0.3) is 0 Å². The lowest BCUT2D eigenvalue weighted by molar-refractivity contribution is -0.129. The first-order chi connectivity index (χ1) is 9.09. The zero-order valence-electron chi connectivity index (χ0n) is 12.0. The van der Waals surface area contributed by atoms with Crippen LogP contribution in [0.15, 0.2) is 4.90 Å². The van der Waals surface area contributed by atoms with Gasteiger partial charge in [-0.2, -0.15) is 4.37 Å². The highest BCUT2D eigenvalue weighted by Crippen LogP contribution is 2.33. The molecular weight excluding hydrogens is 302 g/mol. The molecule has 0 radical (unpaired) electrons. The molecule has 0 aliphatic rings. The Labute approximate surface area is 122 Å². The van der Waals surface area contributed by atoms with Gasteiger partial charge in [-0.15, -0.1) is 0 Å². The van der Waals surface area contributed by atoms with Gasteiger partial charge >= 0.3 is 0 Å². The van der Waals surface area contributed by atoms with Crippen molar-refractivity contribution in [3.63, 3.8) is 0 Å². The number of likely N-dealkylation sites (N-methyl/N-ethyl adjacent to an activating group) is 1. The summed E-state index contributed by atoms with van der Waals surface area (Å²) in [7, 11) is 2.35. The molecule has 1 aromatic rings. The number of aromatic nitrogens is 1. The molecule has 8 nitrogen and oxygen atoms in total. The molecule has 0 aromatic carbocycles. The van der Waals surface area contributed by atoms with E-state index in [2.05, 4.69) is 9.69 Å². The minimum absolute atomic E-state index is 0.0734. The van der Waals surface area contributed by atoms with E-state index in [4.69, 9.17) is 5.73 Å². The van der Waals surface area contributed by atoms with E-state index in [1.807, 2.05) is 0 Å². The van der Waals surface area contributed by atoms with Crippen LogP contribution in [0.2, 0.25) is 0 Å². The fourth-order valence-corrected chi connectivity index (χ4v) is 3.62. The predicted molar refractivity (Wildman–Crippen MR) is 79.2 cm³/mol. The maximum absolute atomic E-state index is 12.2. The lowest BCUT2D eigenvalue weighted by atomic mass is 10.3. The van der Waals surface area contributed by atoms with Gasteiger partial charge in [0.05, 0.1) is 0 Å². The van der Waals surface area contributed by atoms with E-state index < -0.39 is 16.1 Å². The molecule has 1 unspecified atom stereocenters. The number of rotatable bonds is 5. The SMILES string of the molecule is CC(Nc1snc(N)c1S(=O)(=O)N(C)C)C(=O)N(C)C. The van der Waals surface area contributed by atoms with E-state index in [1.54, 1.807) is 21.0 Å². The molecule has 1 heterocycles. The Bertz CT molecular complexity index is 594. The van der Waals surface area contributed by atoms with Crippen molar-refractivity contribution in [2.24, 2.45) is 0 Å². The maximum atomic E-state index is 12.2. The van der Waals surface area contributed by atoms with E-state index in [0.29, 0.717) is 0 Å². The van der Waals surface area contributed by atoms with E-state index in [9.17, 15) is 13.2 Å². The predicted octanol–water partition coefficient (Wildman–Crippen LogP) is -0.136. The third-order valence-corrected chi connectivity index (χ3v) is 5.38. The molecule has 0 fully saturated rings. The molecular formula is C10H19N5O3S2. The molecule has 0 saturated heterocycles. The highest BCUT2D eigenvalue weighted by Gasteiger charge is 2.29. The molecule has 0 saturated carbocycles. The average molecular weight is 321 g/mol. The minimum Gasteiger partial charge on any atom is -0.382 e. The largest absolute Gasteiger partial charge is 0.382 e. The van der Waals surface area contributed by atoms with Crippen LogP contribution < -0.4 is 11.1 Å². The number of hydrogen-bond donors (Lipinski definition) is 2. The Hall–Kier alpha value is -1.39. The molecule has 0 aliphatic heterocycles. The van der Waals surface area contributed by atoms with Crippen LogP contribution >= 0.6 is 11.5 Å². The molecule has 0 spiro atoms. The van der Waals surface area contributed by atoms with Crippen molar-refractivity contribution in [3.05, 3.63) is 0 Å². The van der Waals surface area contributed by atoms with Crippen LogP contribution in [0.1, 0.15) is 6.92 Å². The molecule has 0 aliphatic carbocycles. The quantitative estimate of drug-likeness (QED) is 0.781. The maximum Gasteiger partial charge on any atom is 0.249 e. The number of nitrogens with two attached hydrogens (primary N) is 1. The topological polar surface area (TPSA) is 109 Å². The summed E-state index contributed by atoms with van der Waals surface area (Å²) in [5.74, 6) is -0.249. The molecule has 1 rings (SSSR count). The zero-order chi connectivity index (χ0) is 15.7. The van der Waals surface area contributed by atoms with Crippen molar-refractivity contribution in [1.29, 1.82) is 0 Å². The van der Waals surface area contributed by atoms with Crippen molar-refractivity contribution in [2.45, 2.75) is 17.9 Å². The normalized spacial score (nSPS) is 13.3. The first kappa shape index (κ1) is 16.7. The van der Waals surface area contributed by atoms with Gasteiger partial charge in [-0.1, -0.05) is 0 Å². The molecule has 1 atom stereocenters. The molecule has 114 valence electrons. The van der Waals surface area contributed by atoms with Gasteiger partial charge in [0.2, 0.25) is 15.9 Å². The number of amides is 1. The Balaban J connectivity index is 3.15. The first-order valence-electron chi connectivity index (χ1n) is 5.74. The Kier molecular flexibility index (Phi) is 4.95. The van der Waals surface area contributed by atoms with Crippen molar-refractivity contribution in [2.75, 3.05) is 39.2 Å². The summed E-state index contributed by atoms with van der Waals surface area (Å²) >= 11 is 0.915. The number of anilines is 2. The van der Waals surface area contributed by atoms with E-state index in [1.165, 1.54) is 19.0 Å². The van der Waals surface area contributed by atoms with Gasteiger partial charge in [-0.05, 0) is 18.5 Å². The van der Waals surface area contributed by atoms with Crippen molar-refractivity contribution in [1.82, 2.24) is 13.6 Å². The second-order valence-electron chi connectivity index (χ2n) is 4.61. The monoisotopic (exact) mass is 321 g/mol. The number of hydrogen-bond acceptors (Lipinski definition) is 7. The van der Waals surface area contributed by atoms with Crippen molar-refractivity contribution >= 4 is 38.3 Å². The molecule has 0 bridgehead atoms. The number of carbonyl (C=O) groups excluding carboxylic acids is 1. The summed E-state index contributed by atoms with van der Waals surface area (Å²) in [5.41, 5.74) is 5.64. The highest BCUT2D eigenvalue weighted by atomic mass is 32.2. The zero-order valence-corrected chi connectivity index (χ0v) is 13.7. The Morgan fingerprint density at radius 2 is 1.90 bits per heavy atom.